The van der Waals surface area contributed by atoms with Gasteiger partial charge in [-0.25, -0.2) is 0 Å². The quantitative estimate of drug-likeness (QED) is 0.586. The first kappa shape index (κ1) is 23.4. The molecule has 1 N–H and O–H groups in total. The van der Waals surface area contributed by atoms with Crippen LogP contribution in [0, 0.1) is 0 Å². The molecule has 3 rings (SSSR count). The van der Waals surface area contributed by atoms with Gasteiger partial charge >= 0.3 is 191 Å². The van der Waals surface area contributed by atoms with Crippen LogP contribution in [-0.4, -0.2) is 48.9 Å². The molecule has 0 saturated carbocycles. The van der Waals surface area contributed by atoms with E-state index in [0.717, 1.165) is 6.42 Å². The molecule has 0 atom stereocenters. The minimum absolute atomic E-state index is 0.0107. The van der Waals surface area contributed by atoms with Crippen LogP contribution in [-0.2, 0) is 17.8 Å². The summed E-state index contributed by atoms with van der Waals surface area (Å²) in [5.74, 6) is 0. The zero-order valence-electron chi connectivity index (χ0n) is 19.4. The molecule has 0 heterocycles. The molecule has 2 aromatic rings. The zero-order valence-corrected chi connectivity index (χ0v) is 22.4. The van der Waals surface area contributed by atoms with E-state index in [-0.39, 0.29) is 5.54 Å². The normalized spacial score (nSPS) is 15.1. The van der Waals surface area contributed by atoms with Crippen LogP contribution in [0.5, 0.6) is 0 Å². The first-order valence-corrected chi connectivity index (χ1v) is 15.4. The van der Waals surface area contributed by atoms with Crippen LogP contribution in [0.2, 0.25) is 0 Å². The van der Waals surface area contributed by atoms with E-state index >= 15 is 0 Å². The molecule has 0 aromatic heterocycles. The molecular formula is C25H36MoN3Si. The van der Waals surface area contributed by atoms with Crippen molar-refractivity contribution in [2.75, 3.05) is 28.2 Å². The zero-order chi connectivity index (χ0) is 21.9. The summed E-state index contributed by atoms with van der Waals surface area (Å²) in [4.78, 5) is 4.23. The molecule has 0 saturated heterocycles. The maximum atomic E-state index is 4.23. The third-order valence-electron chi connectivity index (χ3n) is 5.18. The van der Waals surface area contributed by atoms with Crippen molar-refractivity contribution in [2.45, 2.75) is 32.7 Å². The summed E-state index contributed by atoms with van der Waals surface area (Å²) >= 11 is -1.81. The summed E-state index contributed by atoms with van der Waals surface area (Å²) in [6.45, 7) is 6.90. The van der Waals surface area contributed by atoms with Crippen molar-refractivity contribution in [3.63, 3.8) is 0 Å². The molecule has 0 bridgehead atoms. The van der Waals surface area contributed by atoms with Gasteiger partial charge in [0.15, 0.2) is 0 Å². The third kappa shape index (κ3) is 4.79. The van der Waals surface area contributed by atoms with Crippen LogP contribution in [0.3, 0.4) is 0 Å². The number of hydrogen-bond donors (Lipinski definition) is 1. The fraction of sp³-hybridized carbons (Fsp3) is 0.360. The van der Waals surface area contributed by atoms with E-state index < -0.39 is 26.0 Å². The van der Waals surface area contributed by atoms with Crippen molar-refractivity contribution in [3.8, 4) is 0 Å². The average molecular weight is 503 g/mol. The number of nitrogens with zero attached hydrogens (tertiary/aromatic N) is 2. The molecule has 1 aliphatic rings. The van der Waals surface area contributed by atoms with Crippen molar-refractivity contribution in [1.82, 2.24) is 11.9 Å². The van der Waals surface area contributed by atoms with Gasteiger partial charge in [-0.05, 0) is 0 Å². The Bertz CT molecular complexity index is 851. The van der Waals surface area contributed by atoms with Crippen molar-refractivity contribution in [1.29, 1.82) is 0 Å². The van der Waals surface area contributed by atoms with Gasteiger partial charge in [-0.15, -0.1) is 0 Å². The van der Waals surface area contributed by atoms with Crippen LogP contribution in [0.4, 0.5) is 0 Å². The second-order valence-electron chi connectivity index (χ2n) is 9.19. The summed E-state index contributed by atoms with van der Waals surface area (Å²) in [6, 6.07) is 22.4. The molecule has 0 unspecified atom stereocenters. The molecular weight excluding hydrogens is 466 g/mol. The molecule has 0 amide bonds. The fourth-order valence-corrected chi connectivity index (χ4v) is 15.9. The Balaban J connectivity index is 2.38. The molecule has 161 valence electrons. The molecule has 1 aliphatic carbocycles. The van der Waals surface area contributed by atoms with Crippen molar-refractivity contribution in [3.05, 3.63) is 82.0 Å². The van der Waals surface area contributed by atoms with Gasteiger partial charge in [0.25, 0.3) is 0 Å². The minimum atomic E-state index is -2.44. The van der Waals surface area contributed by atoms with Gasteiger partial charge in [0.2, 0.25) is 0 Å². The molecule has 5 heteroatoms. The summed E-state index contributed by atoms with van der Waals surface area (Å²) < 4.78 is 6.67. The summed E-state index contributed by atoms with van der Waals surface area (Å²) in [5, 5.41) is 4.43. The Morgan fingerprint density at radius 2 is 1.27 bits per heavy atom. The average Bonchev–Trinajstić information content (AvgIpc) is 3.15. The Morgan fingerprint density at radius 3 is 1.67 bits per heavy atom. The monoisotopic (exact) mass is 504 g/mol. The Hall–Kier alpha value is -1.29. The Labute approximate surface area is 190 Å². The first-order valence-electron chi connectivity index (χ1n) is 10.6. The molecule has 0 fully saturated rings. The van der Waals surface area contributed by atoms with Gasteiger partial charge in [0, 0.05) is 0 Å². The second kappa shape index (κ2) is 9.46. The molecule has 2 aromatic carbocycles. The molecule has 30 heavy (non-hydrogen) atoms. The third-order valence-corrected chi connectivity index (χ3v) is 15.9. The van der Waals surface area contributed by atoms with E-state index in [0.29, 0.717) is 0 Å². The molecule has 3 nitrogen and oxygen atoms in total. The van der Waals surface area contributed by atoms with E-state index in [1.165, 1.54) is 10.4 Å². The number of nitrogens with one attached hydrogen (secondary N) is 1. The maximum absolute atomic E-state index is 4.23. The SMILES string of the molecule is C[N](C)[Mo]([C]1=C([Si](NC(C)(C)C)(c2ccccc2)c2ccccc2)C=CC1)[N](C)C. The van der Waals surface area contributed by atoms with Crippen LogP contribution >= 0.6 is 0 Å². The van der Waals surface area contributed by atoms with E-state index in [1.54, 1.807) is 9.16 Å². The standard InChI is InChI=1S/C21H24NSi.2C2H6N.Mo/c1-21(2,3)22-23(20-16-10-11-17-20,18-12-6-4-7-13-18)19-14-8-5-9-15-19;2*1-3-2;/h4-10,12-16,22H,11H2,1-3H3;2*1-2H3;/q;2*-1;+2. The van der Waals surface area contributed by atoms with E-state index in [1.807, 2.05) is 0 Å². The van der Waals surface area contributed by atoms with Crippen molar-refractivity contribution in [2.24, 2.45) is 0 Å². The predicted molar refractivity (Wildman–Crippen MR) is 129 cm³/mol. The Morgan fingerprint density at radius 1 is 0.800 bits per heavy atom. The topological polar surface area (TPSA) is 18.5 Å². The van der Waals surface area contributed by atoms with Crippen molar-refractivity contribution >= 4 is 18.6 Å². The molecule has 0 spiro atoms. The number of hydrogen-bond acceptors (Lipinski definition) is 3. The summed E-state index contributed by atoms with van der Waals surface area (Å²) in [7, 11) is 6.59. The fourth-order valence-electron chi connectivity index (χ4n) is 4.39. The van der Waals surface area contributed by atoms with Crippen LogP contribution in [0.25, 0.3) is 0 Å². The molecule has 0 aliphatic heterocycles. The number of rotatable bonds is 7. The second-order valence-corrected chi connectivity index (χ2v) is 18.7. The predicted octanol–water partition coefficient (Wildman–Crippen LogP) is 3.46. The van der Waals surface area contributed by atoms with Crippen LogP contribution in [0.15, 0.2) is 82.0 Å². The number of benzene rings is 2. The van der Waals surface area contributed by atoms with E-state index in [4.69, 9.17) is 0 Å². The van der Waals surface area contributed by atoms with E-state index in [9.17, 15) is 0 Å². The van der Waals surface area contributed by atoms with E-state index in [2.05, 4.69) is 134 Å². The summed E-state index contributed by atoms with van der Waals surface area (Å²) in [5.41, 5.74) is -0.0107. The van der Waals surface area contributed by atoms with Crippen LogP contribution < -0.4 is 15.4 Å². The molecule has 0 radical (unpaired) electrons. The van der Waals surface area contributed by atoms with Gasteiger partial charge in [-0.1, -0.05) is 0 Å². The van der Waals surface area contributed by atoms with Crippen molar-refractivity contribution < 1.29 is 17.8 Å². The van der Waals surface area contributed by atoms with Gasteiger partial charge in [0.05, 0.1) is 0 Å². The Kier molecular flexibility index (Phi) is 7.37. The van der Waals surface area contributed by atoms with Crippen LogP contribution in [0.1, 0.15) is 27.2 Å². The van der Waals surface area contributed by atoms with Gasteiger partial charge < -0.3 is 0 Å². The van der Waals surface area contributed by atoms with Gasteiger partial charge in [0.1, 0.15) is 0 Å². The first-order chi connectivity index (χ1) is 14.2. The number of allylic oxidation sites excluding steroid dienone is 4. The summed E-state index contributed by atoms with van der Waals surface area (Å²) in [6.07, 6.45) is 5.91. The van der Waals surface area contributed by atoms with Gasteiger partial charge in [-0.3, -0.25) is 0 Å². The van der Waals surface area contributed by atoms with Gasteiger partial charge in [-0.2, -0.15) is 0 Å².